The van der Waals surface area contributed by atoms with E-state index in [1.807, 2.05) is 19.1 Å². The number of rotatable bonds is 10. The van der Waals surface area contributed by atoms with Crippen LogP contribution in [0.25, 0.3) is 0 Å². The second-order valence-electron chi connectivity index (χ2n) is 5.24. The van der Waals surface area contributed by atoms with Gasteiger partial charge < -0.3 is 4.74 Å². The third-order valence-corrected chi connectivity index (χ3v) is 3.52. The minimum absolute atomic E-state index is 0.127. The Balaban J connectivity index is 2.44. The van der Waals surface area contributed by atoms with Gasteiger partial charge in [-0.3, -0.25) is 10.2 Å². The maximum Gasteiger partial charge on any atom is 0.265 e. The Labute approximate surface area is 128 Å². The largest absolute Gasteiger partial charge is 0.493 e. The molecule has 1 unspecified atom stereocenters. The summed E-state index contributed by atoms with van der Waals surface area (Å²) in [4.78, 5) is 11.7. The minimum Gasteiger partial charge on any atom is -0.493 e. The van der Waals surface area contributed by atoms with E-state index in [1.54, 1.807) is 12.1 Å². The molecule has 0 saturated heterocycles. The van der Waals surface area contributed by atoms with E-state index in [0.29, 0.717) is 18.0 Å². The van der Waals surface area contributed by atoms with Gasteiger partial charge in [-0.1, -0.05) is 40.0 Å². The van der Waals surface area contributed by atoms with Gasteiger partial charge in [-0.05, 0) is 36.6 Å². The fourth-order valence-corrected chi connectivity index (χ4v) is 2.06. The van der Waals surface area contributed by atoms with Crippen LogP contribution in [0.4, 0.5) is 0 Å². The van der Waals surface area contributed by atoms with Crippen LogP contribution >= 0.6 is 0 Å². The van der Waals surface area contributed by atoms with Gasteiger partial charge in [-0.15, -0.1) is 0 Å². The molecule has 21 heavy (non-hydrogen) atoms. The molecule has 0 saturated carbocycles. The van der Waals surface area contributed by atoms with Gasteiger partial charge in [0.2, 0.25) is 0 Å². The van der Waals surface area contributed by atoms with Gasteiger partial charge in [0, 0.05) is 12.1 Å². The summed E-state index contributed by atoms with van der Waals surface area (Å²) in [5.41, 5.74) is 6.04. The number of unbranched alkanes of at least 4 members (excludes halogenated alkanes) is 1. The molecule has 1 aromatic carbocycles. The van der Waals surface area contributed by atoms with Crippen LogP contribution in [0.5, 0.6) is 5.75 Å². The number of carbonyl (C=O) groups excluding carboxylic acids is 1. The van der Waals surface area contributed by atoms with Crippen molar-refractivity contribution in [3.8, 4) is 5.75 Å². The van der Waals surface area contributed by atoms with Crippen molar-refractivity contribution in [2.45, 2.75) is 46.5 Å². The Morgan fingerprint density at radius 2 is 1.90 bits per heavy atom. The van der Waals surface area contributed by atoms with E-state index in [2.05, 4.69) is 24.7 Å². The van der Waals surface area contributed by atoms with E-state index in [4.69, 9.17) is 4.74 Å². The molecule has 1 aromatic rings. The standard InChI is InChI=1S/C17H28N2O2/c1-4-7-8-14(5-2)13-21-16-11-9-15(10-12-16)17(20)19-18-6-3/h9-12,14,18H,4-8,13H2,1-3H3,(H,19,20). The van der Waals surface area contributed by atoms with E-state index in [-0.39, 0.29) is 5.91 Å². The zero-order valence-corrected chi connectivity index (χ0v) is 13.4. The number of ether oxygens (including phenoxy) is 1. The van der Waals surface area contributed by atoms with Gasteiger partial charge >= 0.3 is 0 Å². The maximum atomic E-state index is 11.7. The first-order chi connectivity index (χ1) is 10.2. The highest BCUT2D eigenvalue weighted by Gasteiger charge is 2.08. The average molecular weight is 292 g/mol. The van der Waals surface area contributed by atoms with E-state index in [0.717, 1.165) is 18.8 Å². The van der Waals surface area contributed by atoms with Crippen molar-refractivity contribution < 1.29 is 9.53 Å². The molecule has 1 atom stereocenters. The van der Waals surface area contributed by atoms with E-state index in [9.17, 15) is 4.79 Å². The minimum atomic E-state index is -0.127. The fraction of sp³-hybridized carbons (Fsp3) is 0.588. The topological polar surface area (TPSA) is 50.4 Å². The molecule has 2 N–H and O–H groups in total. The third kappa shape index (κ3) is 6.63. The Morgan fingerprint density at radius 3 is 2.48 bits per heavy atom. The molecule has 0 aliphatic heterocycles. The Bertz CT molecular complexity index is 404. The van der Waals surface area contributed by atoms with Crippen molar-refractivity contribution >= 4 is 5.91 Å². The van der Waals surface area contributed by atoms with Gasteiger partial charge in [-0.25, -0.2) is 5.43 Å². The summed E-state index contributed by atoms with van der Waals surface area (Å²) in [7, 11) is 0. The molecule has 0 heterocycles. The lowest BCUT2D eigenvalue weighted by atomic mass is 10.0. The predicted octanol–water partition coefficient (Wildman–Crippen LogP) is 3.54. The van der Waals surface area contributed by atoms with Crippen molar-refractivity contribution in [3.63, 3.8) is 0 Å². The van der Waals surface area contributed by atoms with Crippen molar-refractivity contribution in [1.29, 1.82) is 0 Å². The number of carbonyl (C=O) groups is 1. The summed E-state index contributed by atoms with van der Waals surface area (Å²) in [6.07, 6.45) is 4.84. The van der Waals surface area contributed by atoms with Crippen LogP contribution < -0.4 is 15.6 Å². The van der Waals surface area contributed by atoms with Gasteiger partial charge in [0.05, 0.1) is 6.61 Å². The van der Waals surface area contributed by atoms with E-state index >= 15 is 0 Å². The number of hydrazine groups is 1. The molecule has 0 aliphatic rings. The number of benzene rings is 1. The molecule has 4 nitrogen and oxygen atoms in total. The highest BCUT2D eigenvalue weighted by atomic mass is 16.5. The maximum absolute atomic E-state index is 11.7. The molecule has 118 valence electrons. The molecule has 0 radical (unpaired) electrons. The zero-order valence-electron chi connectivity index (χ0n) is 13.4. The van der Waals surface area contributed by atoms with E-state index in [1.165, 1.54) is 19.3 Å². The monoisotopic (exact) mass is 292 g/mol. The van der Waals surface area contributed by atoms with E-state index < -0.39 is 0 Å². The molecule has 1 amide bonds. The Hall–Kier alpha value is -1.55. The van der Waals surface area contributed by atoms with Gasteiger partial charge in [0.1, 0.15) is 5.75 Å². The second kappa shape index (κ2) is 10.2. The average Bonchev–Trinajstić information content (AvgIpc) is 2.53. The normalized spacial score (nSPS) is 12.0. The lowest BCUT2D eigenvalue weighted by Crippen LogP contribution is -2.36. The smallest absolute Gasteiger partial charge is 0.265 e. The summed E-state index contributed by atoms with van der Waals surface area (Å²) in [6.45, 7) is 7.80. The number of hydrogen-bond acceptors (Lipinski definition) is 3. The zero-order chi connectivity index (χ0) is 15.5. The lowest BCUT2D eigenvalue weighted by molar-refractivity contribution is 0.0934. The SMILES string of the molecule is CCCCC(CC)COc1ccc(C(=O)NNCC)cc1. The molecule has 0 bridgehead atoms. The Kier molecular flexibility index (Phi) is 8.51. The summed E-state index contributed by atoms with van der Waals surface area (Å²) < 4.78 is 5.82. The summed E-state index contributed by atoms with van der Waals surface area (Å²) >= 11 is 0. The number of nitrogens with one attached hydrogen (secondary N) is 2. The first-order valence-electron chi connectivity index (χ1n) is 7.97. The highest BCUT2D eigenvalue weighted by molar-refractivity contribution is 5.93. The van der Waals surface area contributed by atoms with Crippen LogP contribution in [0.2, 0.25) is 0 Å². The fourth-order valence-electron chi connectivity index (χ4n) is 2.06. The van der Waals surface area contributed by atoms with Crippen LogP contribution in [-0.4, -0.2) is 19.1 Å². The quantitative estimate of drug-likeness (QED) is 0.649. The summed E-state index contributed by atoms with van der Waals surface area (Å²) in [5, 5.41) is 0. The lowest BCUT2D eigenvalue weighted by Gasteiger charge is -2.15. The number of amides is 1. The molecule has 0 fully saturated rings. The van der Waals surface area contributed by atoms with Crippen molar-refractivity contribution in [2.24, 2.45) is 5.92 Å². The molecule has 0 spiro atoms. The predicted molar refractivity (Wildman–Crippen MR) is 86.4 cm³/mol. The van der Waals surface area contributed by atoms with Crippen molar-refractivity contribution in [3.05, 3.63) is 29.8 Å². The summed E-state index contributed by atoms with van der Waals surface area (Å²) in [6, 6.07) is 7.28. The van der Waals surface area contributed by atoms with Crippen LogP contribution in [0.15, 0.2) is 24.3 Å². The Morgan fingerprint density at radius 1 is 1.19 bits per heavy atom. The molecule has 4 heteroatoms. The van der Waals surface area contributed by atoms with Crippen LogP contribution in [0.1, 0.15) is 56.8 Å². The first kappa shape index (κ1) is 17.5. The van der Waals surface area contributed by atoms with Gasteiger partial charge in [-0.2, -0.15) is 0 Å². The third-order valence-electron chi connectivity index (χ3n) is 3.52. The highest BCUT2D eigenvalue weighted by Crippen LogP contribution is 2.17. The number of hydrogen-bond donors (Lipinski definition) is 2. The van der Waals surface area contributed by atoms with Crippen LogP contribution in [0.3, 0.4) is 0 Å². The van der Waals surface area contributed by atoms with Crippen molar-refractivity contribution in [2.75, 3.05) is 13.2 Å². The van der Waals surface area contributed by atoms with Crippen LogP contribution in [0, 0.1) is 5.92 Å². The van der Waals surface area contributed by atoms with Gasteiger partial charge in [0.25, 0.3) is 5.91 Å². The first-order valence-corrected chi connectivity index (χ1v) is 7.97. The van der Waals surface area contributed by atoms with Gasteiger partial charge in [0.15, 0.2) is 0 Å². The summed E-state index contributed by atoms with van der Waals surface area (Å²) in [5.74, 6) is 1.31. The molecule has 0 aromatic heterocycles. The molecular formula is C17H28N2O2. The molecule has 0 aliphatic carbocycles. The molecular weight excluding hydrogens is 264 g/mol. The van der Waals surface area contributed by atoms with Crippen LogP contribution in [-0.2, 0) is 0 Å². The second-order valence-corrected chi connectivity index (χ2v) is 5.24. The van der Waals surface area contributed by atoms with Crippen molar-refractivity contribution in [1.82, 2.24) is 10.9 Å². The molecule has 1 rings (SSSR count).